The smallest absolute Gasteiger partial charge is 0.412 e. The van der Waals surface area contributed by atoms with E-state index in [1.807, 2.05) is 30.3 Å². The lowest BCUT2D eigenvalue weighted by Crippen LogP contribution is -2.51. The van der Waals surface area contributed by atoms with Crippen LogP contribution >= 0.6 is 0 Å². The van der Waals surface area contributed by atoms with Gasteiger partial charge in [0.2, 0.25) is 0 Å². The molecule has 1 aliphatic carbocycles. The van der Waals surface area contributed by atoms with Crippen LogP contribution in [-0.2, 0) is 14.2 Å². The molecule has 35 heavy (non-hydrogen) atoms. The summed E-state index contributed by atoms with van der Waals surface area (Å²) in [6, 6.07) is 16.2. The lowest BCUT2D eigenvalue weighted by atomic mass is 9.96. The highest BCUT2D eigenvalue weighted by Crippen LogP contribution is 2.29. The van der Waals surface area contributed by atoms with Crippen molar-refractivity contribution < 1.29 is 28.5 Å². The van der Waals surface area contributed by atoms with Gasteiger partial charge in [0, 0.05) is 11.7 Å². The van der Waals surface area contributed by atoms with E-state index in [0.717, 1.165) is 31.4 Å². The molecular formula is C26H31N3O6. The number of amides is 3. The molecule has 1 saturated carbocycles. The van der Waals surface area contributed by atoms with Crippen LogP contribution in [0.4, 0.5) is 15.3 Å². The molecule has 3 aliphatic rings. The lowest BCUT2D eigenvalue weighted by molar-refractivity contribution is 0.00871. The molecule has 2 saturated heterocycles. The van der Waals surface area contributed by atoms with Crippen LogP contribution < -0.4 is 20.7 Å². The number of rotatable bonds is 6. The van der Waals surface area contributed by atoms with E-state index in [2.05, 4.69) is 16.0 Å². The van der Waals surface area contributed by atoms with Crippen molar-refractivity contribution in [3.05, 3.63) is 54.6 Å². The minimum Gasteiger partial charge on any atom is -0.457 e. The fraction of sp³-hybridized carbons (Fsp3) is 0.462. The molecule has 2 aromatic rings. The van der Waals surface area contributed by atoms with Crippen molar-refractivity contribution in [2.24, 2.45) is 0 Å². The number of carbonyl (C=O) groups excluding carboxylic acids is 2. The third-order valence-corrected chi connectivity index (χ3v) is 6.60. The topological polar surface area (TPSA) is 107 Å². The largest absolute Gasteiger partial charge is 0.457 e. The number of anilines is 1. The monoisotopic (exact) mass is 481 g/mol. The van der Waals surface area contributed by atoms with E-state index in [9.17, 15) is 9.59 Å². The summed E-state index contributed by atoms with van der Waals surface area (Å²) in [6.07, 6.45) is 3.67. The maximum Gasteiger partial charge on any atom is 0.412 e. The maximum atomic E-state index is 12.5. The maximum absolute atomic E-state index is 12.5. The van der Waals surface area contributed by atoms with Gasteiger partial charge in [0.25, 0.3) is 0 Å². The number of nitrogens with one attached hydrogen (secondary N) is 3. The van der Waals surface area contributed by atoms with Crippen LogP contribution in [-0.4, -0.2) is 55.7 Å². The minimum atomic E-state index is -0.592. The van der Waals surface area contributed by atoms with Crippen LogP contribution in [0.15, 0.2) is 54.6 Å². The van der Waals surface area contributed by atoms with Crippen LogP contribution in [0.5, 0.6) is 11.5 Å². The Morgan fingerprint density at radius 1 is 0.800 bits per heavy atom. The quantitative estimate of drug-likeness (QED) is 0.571. The molecule has 9 heteroatoms. The van der Waals surface area contributed by atoms with Crippen LogP contribution in [0.2, 0.25) is 0 Å². The Bertz CT molecular complexity index is 996. The van der Waals surface area contributed by atoms with Gasteiger partial charge in [-0.25, -0.2) is 9.59 Å². The van der Waals surface area contributed by atoms with E-state index in [1.165, 1.54) is 6.42 Å². The van der Waals surface area contributed by atoms with Crippen LogP contribution in [0, 0.1) is 0 Å². The third kappa shape index (κ3) is 6.04. The fourth-order valence-corrected chi connectivity index (χ4v) is 4.85. The first-order chi connectivity index (χ1) is 17.1. The Hall–Kier alpha value is -3.30. The fourth-order valence-electron chi connectivity index (χ4n) is 4.85. The first-order valence-electron chi connectivity index (χ1n) is 12.2. The standard InChI is InChI=1S/C26H31N3O6/c30-25(27-17-7-3-1-4-8-17)29-21-15-32-24-22(16-33-23(21)24)35-26(31)28-18-11-13-20(14-12-18)34-19-9-5-2-6-10-19/h2,5-6,9-14,17,21-24H,1,3-4,7-8,15-16H2,(H,28,31)(H2,27,29,30). The first-order valence-corrected chi connectivity index (χ1v) is 12.2. The molecule has 0 radical (unpaired) electrons. The van der Waals surface area contributed by atoms with E-state index in [-0.39, 0.29) is 30.8 Å². The Balaban J connectivity index is 1.07. The number of hydrogen-bond acceptors (Lipinski definition) is 6. The lowest BCUT2D eigenvalue weighted by Gasteiger charge is -2.24. The molecular weight excluding hydrogens is 450 g/mol. The molecule has 5 rings (SSSR count). The molecule has 2 aliphatic heterocycles. The number of benzene rings is 2. The second-order valence-electron chi connectivity index (χ2n) is 9.16. The Morgan fingerprint density at radius 2 is 1.51 bits per heavy atom. The van der Waals surface area contributed by atoms with Gasteiger partial charge in [-0.1, -0.05) is 37.5 Å². The van der Waals surface area contributed by atoms with E-state index in [1.54, 1.807) is 24.3 Å². The SMILES string of the molecule is O=C(NC1CCCCC1)NC1COC2C(OC(=O)Nc3ccc(Oc4ccccc4)cc3)COC12. The molecule has 4 atom stereocenters. The second kappa shape index (κ2) is 11.0. The summed E-state index contributed by atoms with van der Waals surface area (Å²) in [4.78, 5) is 24.9. The summed E-state index contributed by atoms with van der Waals surface area (Å²) in [6.45, 7) is 0.535. The van der Waals surface area contributed by atoms with Crippen molar-refractivity contribution >= 4 is 17.8 Å². The van der Waals surface area contributed by atoms with Crippen molar-refractivity contribution in [3.8, 4) is 11.5 Å². The summed E-state index contributed by atoms with van der Waals surface area (Å²) < 4.78 is 23.0. The summed E-state index contributed by atoms with van der Waals surface area (Å²) in [5.74, 6) is 1.40. The minimum absolute atomic E-state index is 0.198. The second-order valence-corrected chi connectivity index (χ2v) is 9.16. The Kier molecular flexibility index (Phi) is 7.34. The van der Waals surface area contributed by atoms with Crippen LogP contribution in [0.1, 0.15) is 32.1 Å². The molecule has 186 valence electrons. The third-order valence-electron chi connectivity index (χ3n) is 6.60. The van der Waals surface area contributed by atoms with Crippen molar-refractivity contribution in [1.82, 2.24) is 10.6 Å². The van der Waals surface area contributed by atoms with Crippen molar-refractivity contribution in [3.63, 3.8) is 0 Å². The van der Waals surface area contributed by atoms with Crippen molar-refractivity contribution in [1.29, 1.82) is 0 Å². The molecule has 0 bridgehead atoms. The zero-order valence-corrected chi connectivity index (χ0v) is 19.5. The average Bonchev–Trinajstić information content (AvgIpc) is 3.45. The van der Waals surface area contributed by atoms with Gasteiger partial charge in [-0.05, 0) is 49.2 Å². The highest BCUT2D eigenvalue weighted by Gasteiger charge is 2.50. The van der Waals surface area contributed by atoms with Gasteiger partial charge in [0.05, 0.1) is 19.3 Å². The van der Waals surface area contributed by atoms with Gasteiger partial charge < -0.3 is 29.6 Å². The zero-order chi connectivity index (χ0) is 24.0. The van der Waals surface area contributed by atoms with E-state index >= 15 is 0 Å². The van der Waals surface area contributed by atoms with Gasteiger partial charge in [-0.2, -0.15) is 0 Å². The Morgan fingerprint density at radius 3 is 2.29 bits per heavy atom. The number of urea groups is 1. The number of para-hydroxylation sites is 1. The molecule has 2 heterocycles. The van der Waals surface area contributed by atoms with Crippen LogP contribution in [0.3, 0.4) is 0 Å². The summed E-state index contributed by atoms with van der Waals surface area (Å²) in [7, 11) is 0. The van der Waals surface area contributed by atoms with Gasteiger partial charge in [-0.15, -0.1) is 0 Å². The van der Waals surface area contributed by atoms with Crippen molar-refractivity contribution in [2.45, 2.75) is 62.5 Å². The number of carbonyl (C=O) groups is 2. The van der Waals surface area contributed by atoms with E-state index < -0.39 is 18.3 Å². The summed E-state index contributed by atoms with van der Waals surface area (Å²) in [5.41, 5.74) is 0.581. The molecule has 2 aromatic carbocycles. The van der Waals surface area contributed by atoms with Crippen molar-refractivity contribution in [2.75, 3.05) is 18.5 Å². The normalized spacial score (nSPS) is 25.9. The summed E-state index contributed by atoms with van der Waals surface area (Å²) in [5, 5.41) is 8.74. The molecule has 0 spiro atoms. The Labute approximate surface area is 204 Å². The van der Waals surface area contributed by atoms with Gasteiger partial charge in [0.15, 0.2) is 6.10 Å². The molecule has 3 amide bonds. The molecule has 0 aromatic heterocycles. The predicted molar refractivity (Wildman–Crippen MR) is 129 cm³/mol. The number of fused-ring (bicyclic) bond motifs is 1. The number of ether oxygens (including phenoxy) is 4. The average molecular weight is 482 g/mol. The zero-order valence-electron chi connectivity index (χ0n) is 19.5. The van der Waals surface area contributed by atoms with E-state index in [4.69, 9.17) is 18.9 Å². The number of hydrogen-bond donors (Lipinski definition) is 3. The highest BCUT2D eigenvalue weighted by atomic mass is 16.6. The first kappa shape index (κ1) is 23.4. The molecule has 3 N–H and O–H groups in total. The molecule has 3 fully saturated rings. The molecule has 4 unspecified atom stereocenters. The van der Waals surface area contributed by atoms with Gasteiger partial charge in [-0.3, -0.25) is 5.32 Å². The molecule has 9 nitrogen and oxygen atoms in total. The van der Waals surface area contributed by atoms with Gasteiger partial charge >= 0.3 is 12.1 Å². The predicted octanol–water partition coefficient (Wildman–Crippen LogP) is 4.19. The van der Waals surface area contributed by atoms with Crippen LogP contribution in [0.25, 0.3) is 0 Å². The van der Waals surface area contributed by atoms with Gasteiger partial charge in [0.1, 0.15) is 23.7 Å². The van der Waals surface area contributed by atoms with E-state index in [0.29, 0.717) is 18.0 Å². The highest BCUT2D eigenvalue weighted by molar-refractivity contribution is 5.84. The summed E-state index contributed by atoms with van der Waals surface area (Å²) >= 11 is 0.